The predicted octanol–water partition coefficient (Wildman–Crippen LogP) is 1.63. The number of piperidine rings is 1. The lowest BCUT2D eigenvalue weighted by molar-refractivity contribution is -0.143. The normalized spacial score (nSPS) is 20.5. The van der Waals surface area contributed by atoms with Crippen molar-refractivity contribution < 1.29 is 28.6 Å². The molecule has 2 rings (SSSR count). The summed E-state index contributed by atoms with van der Waals surface area (Å²) in [6.07, 6.45) is 0.568. The van der Waals surface area contributed by atoms with Crippen LogP contribution in [0.15, 0.2) is 10.5 Å². The molecule has 2 unspecified atom stereocenters. The van der Waals surface area contributed by atoms with E-state index in [9.17, 15) is 14.4 Å². The molecule has 1 aromatic rings. The molecule has 8 nitrogen and oxygen atoms in total. The van der Waals surface area contributed by atoms with E-state index in [1.54, 1.807) is 6.92 Å². The van der Waals surface area contributed by atoms with Crippen molar-refractivity contribution in [3.8, 4) is 0 Å². The summed E-state index contributed by atoms with van der Waals surface area (Å²) in [6.45, 7) is 4.38. The van der Waals surface area contributed by atoms with Crippen LogP contribution in [0.4, 0.5) is 4.79 Å². The number of likely N-dealkylation sites (tertiary alicyclic amines) is 1. The van der Waals surface area contributed by atoms with Crippen LogP contribution in [0, 0.1) is 18.8 Å². The number of furan rings is 1. The highest BCUT2D eigenvalue weighted by Crippen LogP contribution is 2.22. The maximum atomic E-state index is 12.3. The van der Waals surface area contributed by atoms with E-state index in [2.05, 4.69) is 10.1 Å². The number of carboxylic acids is 1. The number of hydrogen-bond donors (Lipinski definition) is 2. The Morgan fingerprint density at radius 3 is 2.75 bits per heavy atom. The number of urea groups is 1. The zero-order valence-electron chi connectivity index (χ0n) is 14.0. The van der Waals surface area contributed by atoms with Crippen molar-refractivity contribution in [2.45, 2.75) is 26.8 Å². The summed E-state index contributed by atoms with van der Waals surface area (Å²) in [6, 6.07) is 1.18. The number of carbonyl (C=O) groups is 3. The molecule has 0 aliphatic carbocycles. The molecular weight excluding hydrogens is 316 g/mol. The Bertz CT molecular complexity index is 639. The highest BCUT2D eigenvalue weighted by atomic mass is 16.5. The summed E-state index contributed by atoms with van der Waals surface area (Å²) in [7, 11) is 1.28. The largest absolute Gasteiger partial charge is 0.481 e. The summed E-state index contributed by atoms with van der Waals surface area (Å²) >= 11 is 0. The molecule has 1 aliphatic heterocycles. The second-order valence-electron chi connectivity index (χ2n) is 6.11. The number of carbonyl (C=O) groups excluding carboxylic acids is 2. The summed E-state index contributed by atoms with van der Waals surface area (Å²) < 4.78 is 10.1. The number of hydrogen-bond acceptors (Lipinski definition) is 5. The number of aliphatic carboxylic acids is 1. The zero-order valence-corrected chi connectivity index (χ0v) is 14.0. The maximum Gasteiger partial charge on any atom is 0.341 e. The van der Waals surface area contributed by atoms with Crippen molar-refractivity contribution in [3.05, 3.63) is 23.2 Å². The standard InChI is InChI=1S/C16H22N2O6/c1-9-4-11(14(19)20)8-18(7-9)16(22)17-6-12-5-13(10(2)24-12)15(21)23-3/h5,9,11H,4,6-8H2,1-3H3,(H,17,22)(H,19,20). The van der Waals surface area contributed by atoms with E-state index >= 15 is 0 Å². The minimum absolute atomic E-state index is 0.110. The number of methoxy groups -OCH3 is 1. The number of carboxylic acid groups (broad SMARTS) is 1. The fourth-order valence-electron chi connectivity index (χ4n) is 2.91. The molecule has 1 aliphatic rings. The van der Waals surface area contributed by atoms with Crippen LogP contribution in [-0.2, 0) is 16.1 Å². The van der Waals surface area contributed by atoms with Crippen LogP contribution in [0.1, 0.15) is 35.2 Å². The third kappa shape index (κ3) is 4.06. The fourth-order valence-corrected chi connectivity index (χ4v) is 2.91. The fraction of sp³-hybridized carbons (Fsp3) is 0.562. The summed E-state index contributed by atoms with van der Waals surface area (Å²) in [5.41, 5.74) is 0.319. The minimum Gasteiger partial charge on any atom is -0.481 e. The van der Waals surface area contributed by atoms with Crippen LogP contribution >= 0.6 is 0 Å². The molecule has 1 aromatic heterocycles. The van der Waals surface area contributed by atoms with Crippen LogP contribution < -0.4 is 5.32 Å². The van der Waals surface area contributed by atoms with Gasteiger partial charge in [-0.25, -0.2) is 9.59 Å². The minimum atomic E-state index is -0.885. The van der Waals surface area contributed by atoms with Gasteiger partial charge in [0.15, 0.2) is 0 Å². The van der Waals surface area contributed by atoms with Gasteiger partial charge < -0.3 is 24.5 Å². The van der Waals surface area contributed by atoms with Gasteiger partial charge in [0, 0.05) is 13.1 Å². The van der Waals surface area contributed by atoms with Gasteiger partial charge in [-0.15, -0.1) is 0 Å². The average Bonchev–Trinajstić information content (AvgIpc) is 2.92. The average molecular weight is 338 g/mol. The molecule has 0 bridgehead atoms. The Kier molecular flexibility index (Phi) is 5.48. The van der Waals surface area contributed by atoms with Crippen LogP contribution in [0.25, 0.3) is 0 Å². The number of ether oxygens (including phenoxy) is 1. The first kappa shape index (κ1) is 17.8. The molecule has 2 heterocycles. The van der Waals surface area contributed by atoms with Crippen LogP contribution in [0.3, 0.4) is 0 Å². The summed E-state index contributed by atoms with van der Waals surface area (Å²) in [5.74, 6) is -0.949. The van der Waals surface area contributed by atoms with Gasteiger partial charge in [-0.05, 0) is 25.3 Å². The third-order valence-corrected chi connectivity index (χ3v) is 4.08. The van der Waals surface area contributed by atoms with Gasteiger partial charge in [0.2, 0.25) is 0 Å². The van der Waals surface area contributed by atoms with Crippen molar-refractivity contribution in [2.75, 3.05) is 20.2 Å². The molecule has 0 spiro atoms. The monoisotopic (exact) mass is 338 g/mol. The molecule has 1 fully saturated rings. The molecule has 0 saturated carbocycles. The second-order valence-corrected chi connectivity index (χ2v) is 6.11. The lowest BCUT2D eigenvalue weighted by Crippen LogP contribution is -2.49. The molecule has 2 amide bonds. The quantitative estimate of drug-likeness (QED) is 0.808. The zero-order chi connectivity index (χ0) is 17.9. The van der Waals surface area contributed by atoms with Gasteiger partial charge in [0.25, 0.3) is 0 Å². The topological polar surface area (TPSA) is 109 Å². The molecule has 24 heavy (non-hydrogen) atoms. The van der Waals surface area contributed by atoms with Crippen molar-refractivity contribution in [3.63, 3.8) is 0 Å². The molecule has 1 saturated heterocycles. The summed E-state index contributed by atoms with van der Waals surface area (Å²) in [4.78, 5) is 36.5. The number of aryl methyl sites for hydroxylation is 1. The van der Waals surface area contributed by atoms with E-state index in [0.717, 1.165) is 0 Å². The molecule has 132 valence electrons. The van der Waals surface area contributed by atoms with Crippen molar-refractivity contribution in [1.29, 1.82) is 0 Å². The van der Waals surface area contributed by atoms with Gasteiger partial charge in [0.1, 0.15) is 17.1 Å². The Balaban J connectivity index is 1.95. The third-order valence-electron chi connectivity index (χ3n) is 4.08. The van der Waals surface area contributed by atoms with Gasteiger partial charge in [-0.3, -0.25) is 4.79 Å². The molecule has 8 heteroatoms. The SMILES string of the molecule is COC(=O)c1cc(CNC(=O)N2CC(C)CC(C(=O)O)C2)oc1C. The molecule has 2 atom stereocenters. The Morgan fingerprint density at radius 1 is 1.42 bits per heavy atom. The second kappa shape index (κ2) is 7.37. The van der Waals surface area contributed by atoms with Crippen molar-refractivity contribution >= 4 is 18.0 Å². The highest BCUT2D eigenvalue weighted by Gasteiger charge is 2.31. The number of nitrogens with zero attached hydrogens (tertiary/aromatic N) is 1. The van der Waals surface area contributed by atoms with Gasteiger partial charge in [-0.2, -0.15) is 0 Å². The van der Waals surface area contributed by atoms with Gasteiger partial charge >= 0.3 is 18.0 Å². The van der Waals surface area contributed by atoms with E-state index in [4.69, 9.17) is 9.52 Å². The molecule has 0 radical (unpaired) electrons. The maximum absolute atomic E-state index is 12.3. The molecular formula is C16H22N2O6. The van der Waals surface area contributed by atoms with E-state index in [1.165, 1.54) is 18.1 Å². The van der Waals surface area contributed by atoms with E-state index in [-0.39, 0.29) is 25.0 Å². The van der Waals surface area contributed by atoms with Gasteiger partial charge in [0.05, 0.1) is 19.6 Å². The Hall–Kier alpha value is -2.51. The first-order chi connectivity index (χ1) is 11.3. The van der Waals surface area contributed by atoms with E-state index in [0.29, 0.717) is 30.0 Å². The van der Waals surface area contributed by atoms with Crippen LogP contribution in [0.2, 0.25) is 0 Å². The van der Waals surface area contributed by atoms with Crippen molar-refractivity contribution in [1.82, 2.24) is 10.2 Å². The van der Waals surface area contributed by atoms with E-state index < -0.39 is 17.9 Å². The smallest absolute Gasteiger partial charge is 0.341 e. The van der Waals surface area contributed by atoms with Crippen LogP contribution in [0.5, 0.6) is 0 Å². The number of nitrogens with one attached hydrogen (secondary N) is 1. The number of rotatable bonds is 4. The van der Waals surface area contributed by atoms with Crippen LogP contribution in [-0.4, -0.2) is 48.2 Å². The van der Waals surface area contributed by atoms with Gasteiger partial charge in [-0.1, -0.05) is 6.92 Å². The van der Waals surface area contributed by atoms with E-state index in [1.807, 2.05) is 6.92 Å². The summed E-state index contributed by atoms with van der Waals surface area (Å²) in [5, 5.41) is 11.8. The first-order valence-corrected chi connectivity index (χ1v) is 7.75. The lowest BCUT2D eigenvalue weighted by Gasteiger charge is -2.34. The number of esters is 1. The Morgan fingerprint density at radius 2 is 2.12 bits per heavy atom. The highest BCUT2D eigenvalue weighted by molar-refractivity contribution is 5.90. The lowest BCUT2D eigenvalue weighted by atomic mass is 9.91. The first-order valence-electron chi connectivity index (χ1n) is 7.75. The predicted molar refractivity (Wildman–Crippen MR) is 83.5 cm³/mol. The number of amides is 2. The molecule has 0 aromatic carbocycles. The van der Waals surface area contributed by atoms with Crippen molar-refractivity contribution in [2.24, 2.45) is 11.8 Å². The Labute approximate surface area is 139 Å². The molecule has 2 N–H and O–H groups in total.